The highest BCUT2D eigenvalue weighted by Gasteiger charge is 2.24. The van der Waals surface area contributed by atoms with Gasteiger partial charge in [0, 0.05) is 49.4 Å². The number of benzene rings is 3. The first kappa shape index (κ1) is 31.0. The minimum Gasteiger partial charge on any atom is -0.497 e. The fourth-order valence-corrected chi connectivity index (χ4v) is 5.85. The summed E-state index contributed by atoms with van der Waals surface area (Å²) in [6.07, 6.45) is 4.31. The molecule has 44 heavy (non-hydrogen) atoms. The van der Waals surface area contributed by atoms with E-state index in [0.29, 0.717) is 55.2 Å². The third-order valence-electron chi connectivity index (χ3n) is 8.38. The van der Waals surface area contributed by atoms with Gasteiger partial charge in [0.15, 0.2) is 0 Å². The molecule has 232 valence electrons. The monoisotopic (exact) mass is 601 g/mol. The molecule has 1 aliphatic heterocycles. The van der Waals surface area contributed by atoms with Gasteiger partial charge in [-0.15, -0.1) is 0 Å². The van der Waals surface area contributed by atoms with Crippen LogP contribution in [0.1, 0.15) is 58.4 Å². The SMILES string of the molecule is COc1ccc(CC(=O)Nc2cc(C(=O)NC3CCC(N)CC3)ccc2N2CCCN(C(=O)c3ccc(F)cc3)CC2)cc1. The van der Waals surface area contributed by atoms with Gasteiger partial charge in [0.05, 0.1) is 24.9 Å². The van der Waals surface area contributed by atoms with E-state index >= 15 is 0 Å². The molecule has 0 bridgehead atoms. The first-order chi connectivity index (χ1) is 21.3. The molecule has 1 saturated heterocycles. The molecule has 0 atom stereocenters. The number of nitrogens with two attached hydrogens (primary N) is 1. The van der Waals surface area contributed by atoms with E-state index in [1.807, 2.05) is 30.3 Å². The molecule has 3 amide bonds. The number of carbonyl (C=O) groups excluding carboxylic acids is 3. The number of halogens is 1. The lowest BCUT2D eigenvalue weighted by Gasteiger charge is -2.28. The van der Waals surface area contributed by atoms with Gasteiger partial charge in [-0.25, -0.2) is 4.39 Å². The highest BCUT2D eigenvalue weighted by Crippen LogP contribution is 2.29. The number of nitrogens with zero attached hydrogens (tertiary/aromatic N) is 2. The molecular weight excluding hydrogens is 561 g/mol. The summed E-state index contributed by atoms with van der Waals surface area (Å²) in [6, 6.07) is 18.6. The van der Waals surface area contributed by atoms with Gasteiger partial charge in [-0.1, -0.05) is 12.1 Å². The Labute approximate surface area is 257 Å². The Kier molecular flexibility index (Phi) is 10.1. The maximum absolute atomic E-state index is 13.4. The normalized spacial score (nSPS) is 18.7. The Morgan fingerprint density at radius 2 is 1.59 bits per heavy atom. The number of anilines is 2. The first-order valence-electron chi connectivity index (χ1n) is 15.2. The van der Waals surface area contributed by atoms with Crippen LogP contribution in [-0.2, 0) is 11.2 Å². The summed E-state index contributed by atoms with van der Waals surface area (Å²) in [6.45, 7) is 2.20. The van der Waals surface area contributed by atoms with Crippen molar-refractivity contribution in [3.8, 4) is 5.75 Å². The number of rotatable bonds is 8. The van der Waals surface area contributed by atoms with Crippen LogP contribution in [0.25, 0.3) is 0 Å². The second-order valence-corrected chi connectivity index (χ2v) is 11.5. The van der Waals surface area contributed by atoms with Crippen LogP contribution in [0.15, 0.2) is 66.7 Å². The molecule has 2 aliphatic rings. The van der Waals surface area contributed by atoms with E-state index in [1.54, 1.807) is 24.1 Å². The van der Waals surface area contributed by atoms with Crippen LogP contribution < -0.4 is 26.0 Å². The summed E-state index contributed by atoms with van der Waals surface area (Å²) < 4.78 is 18.6. The van der Waals surface area contributed by atoms with Gasteiger partial charge in [-0.05, 0) is 92.3 Å². The number of carbonyl (C=O) groups is 3. The van der Waals surface area contributed by atoms with Crippen molar-refractivity contribution in [1.29, 1.82) is 0 Å². The van der Waals surface area contributed by atoms with E-state index in [0.717, 1.165) is 36.9 Å². The van der Waals surface area contributed by atoms with Crippen LogP contribution in [0, 0.1) is 5.82 Å². The molecule has 2 fully saturated rings. The minimum absolute atomic E-state index is 0.0744. The smallest absolute Gasteiger partial charge is 0.253 e. The summed E-state index contributed by atoms with van der Waals surface area (Å²) in [5, 5.41) is 6.18. The Morgan fingerprint density at radius 1 is 0.886 bits per heavy atom. The molecule has 1 saturated carbocycles. The molecule has 5 rings (SSSR count). The minimum atomic E-state index is -0.384. The average molecular weight is 602 g/mol. The second-order valence-electron chi connectivity index (χ2n) is 11.5. The highest BCUT2D eigenvalue weighted by atomic mass is 19.1. The topological polar surface area (TPSA) is 117 Å². The third-order valence-corrected chi connectivity index (χ3v) is 8.38. The molecule has 3 aromatic carbocycles. The van der Waals surface area contributed by atoms with Gasteiger partial charge >= 0.3 is 0 Å². The molecule has 4 N–H and O–H groups in total. The Bertz CT molecular complexity index is 1460. The van der Waals surface area contributed by atoms with E-state index in [4.69, 9.17) is 10.5 Å². The van der Waals surface area contributed by atoms with Crippen molar-refractivity contribution in [3.63, 3.8) is 0 Å². The Balaban J connectivity index is 1.33. The van der Waals surface area contributed by atoms with Crippen molar-refractivity contribution < 1.29 is 23.5 Å². The molecular formula is C34H40FN5O4. The number of hydrogen-bond acceptors (Lipinski definition) is 6. The van der Waals surface area contributed by atoms with Crippen molar-refractivity contribution in [2.75, 3.05) is 43.5 Å². The van der Waals surface area contributed by atoms with E-state index < -0.39 is 0 Å². The zero-order valence-corrected chi connectivity index (χ0v) is 25.1. The quantitative estimate of drug-likeness (QED) is 0.353. The van der Waals surface area contributed by atoms with Crippen LogP contribution in [-0.4, -0.2) is 68.0 Å². The molecule has 0 spiro atoms. The molecule has 9 nitrogen and oxygen atoms in total. The van der Waals surface area contributed by atoms with Crippen molar-refractivity contribution >= 4 is 29.1 Å². The van der Waals surface area contributed by atoms with Crippen molar-refractivity contribution in [3.05, 3.63) is 89.2 Å². The molecule has 10 heteroatoms. The molecule has 1 heterocycles. The number of ether oxygens (including phenoxy) is 1. The number of methoxy groups -OCH3 is 1. The Hall–Kier alpha value is -4.44. The van der Waals surface area contributed by atoms with Crippen LogP contribution in [0.2, 0.25) is 0 Å². The van der Waals surface area contributed by atoms with Gasteiger partial charge in [-0.2, -0.15) is 0 Å². The maximum Gasteiger partial charge on any atom is 0.253 e. The van der Waals surface area contributed by atoms with E-state index in [2.05, 4.69) is 15.5 Å². The van der Waals surface area contributed by atoms with Crippen molar-refractivity contribution in [1.82, 2.24) is 10.2 Å². The van der Waals surface area contributed by atoms with Crippen LogP contribution >= 0.6 is 0 Å². The predicted molar refractivity (Wildman–Crippen MR) is 169 cm³/mol. The average Bonchev–Trinajstić information content (AvgIpc) is 3.29. The third kappa shape index (κ3) is 7.93. The van der Waals surface area contributed by atoms with Gasteiger partial charge in [0.25, 0.3) is 11.8 Å². The van der Waals surface area contributed by atoms with E-state index in [-0.39, 0.29) is 42.0 Å². The summed E-state index contributed by atoms with van der Waals surface area (Å²) in [7, 11) is 1.59. The summed E-state index contributed by atoms with van der Waals surface area (Å²) in [5.41, 5.74) is 9.10. The van der Waals surface area contributed by atoms with Crippen molar-refractivity contribution in [2.24, 2.45) is 5.73 Å². The molecule has 0 radical (unpaired) electrons. The van der Waals surface area contributed by atoms with E-state index in [1.165, 1.54) is 24.3 Å². The largest absolute Gasteiger partial charge is 0.497 e. The highest BCUT2D eigenvalue weighted by molar-refractivity contribution is 6.00. The summed E-state index contributed by atoms with van der Waals surface area (Å²) in [4.78, 5) is 43.5. The molecule has 3 aromatic rings. The number of hydrogen-bond donors (Lipinski definition) is 3. The summed E-state index contributed by atoms with van der Waals surface area (Å²) >= 11 is 0. The van der Waals surface area contributed by atoms with Crippen LogP contribution in [0.4, 0.5) is 15.8 Å². The summed E-state index contributed by atoms with van der Waals surface area (Å²) in [5.74, 6) is -0.211. The standard InChI is InChI=1S/C34H40FN5O4/c1-44-29-14-3-23(4-15-29)21-32(41)38-30-22-25(33(42)37-28-12-10-27(36)11-13-28)7-16-31(30)39-17-2-18-40(20-19-39)34(43)24-5-8-26(35)9-6-24/h3-9,14-16,22,27-28H,2,10-13,17-21,36H2,1H3,(H,37,42)(H,38,41). The van der Waals surface area contributed by atoms with Crippen LogP contribution in [0.3, 0.4) is 0 Å². The number of amides is 3. The van der Waals surface area contributed by atoms with Gasteiger partial charge < -0.3 is 30.9 Å². The maximum atomic E-state index is 13.4. The van der Waals surface area contributed by atoms with E-state index in [9.17, 15) is 18.8 Å². The predicted octanol–water partition coefficient (Wildman–Crippen LogP) is 4.37. The fraction of sp³-hybridized carbons (Fsp3) is 0.382. The lowest BCUT2D eigenvalue weighted by Crippen LogP contribution is -2.40. The zero-order chi connectivity index (χ0) is 31.1. The Morgan fingerprint density at radius 3 is 2.30 bits per heavy atom. The lowest BCUT2D eigenvalue weighted by atomic mass is 9.91. The molecule has 0 unspecified atom stereocenters. The van der Waals surface area contributed by atoms with Gasteiger partial charge in [0.1, 0.15) is 11.6 Å². The second kappa shape index (κ2) is 14.4. The first-order valence-corrected chi connectivity index (χ1v) is 15.2. The van der Waals surface area contributed by atoms with Crippen LogP contribution in [0.5, 0.6) is 5.75 Å². The van der Waals surface area contributed by atoms with Gasteiger partial charge in [-0.3, -0.25) is 14.4 Å². The zero-order valence-electron chi connectivity index (χ0n) is 25.1. The molecule has 1 aliphatic carbocycles. The fourth-order valence-electron chi connectivity index (χ4n) is 5.85. The van der Waals surface area contributed by atoms with Gasteiger partial charge in [0.2, 0.25) is 5.91 Å². The molecule has 0 aromatic heterocycles. The number of nitrogens with one attached hydrogen (secondary N) is 2. The lowest BCUT2D eigenvalue weighted by molar-refractivity contribution is -0.115. The van der Waals surface area contributed by atoms with Crippen molar-refractivity contribution in [2.45, 2.75) is 50.6 Å².